The predicted octanol–water partition coefficient (Wildman–Crippen LogP) is 3.14. The molecule has 0 saturated heterocycles. The minimum atomic E-state index is -0.792. The van der Waals surface area contributed by atoms with Gasteiger partial charge in [-0.25, -0.2) is 0 Å². The number of aliphatic hydroxyl groups is 1. The summed E-state index contributed by atoms with van der Waals surface area (Å²) in [5, 5.41) is 22.2. The maximum absolute atomic E-state index is 10.1. The largest absolute Gasteiger partial charge is 0.388 e. The van der Waals surface area contributed by atoms with Crippen molar-refractivity contribution in [2.75, 3.05) is 11.9 Å². The van der Waals surface area contributed by atoms with Crippen molar-refractivity contribution < 1.29 is 5.11 Å². The summed E-state index contributed by atoms with van der Waals surface area (Å²) >= 11 is 3.32. The van der Waals surface area contributed by atoms with Gasteiger partial charge in [-0.1, -0.05) is 29.8 Å². The molecule has 1 rings (SSSR count). The first kappa shape index (κ1) is 14.0. The summed E-state index contributed by atoms with van der Waals surface area (Å²) in [5.41, 5.74) is 0.523. The Kier molecular flexibility index (Phi) is 4.55. The Bertz CT molecular complexity index is 436. The summed E-state index contributed by atoms with van der Waals surface area (Å²) in [4.78, 5) is 0. The maximum Gasteiger partial charge on any atom is 0.101 e. The number of nitrogens with zero attached hydrogens (tertiary/aromatic N) is 1. The van der Waals surface area contributed by atoms with Gasteiger partial charge in [0.1, 0.15) is 6.07 Å². The minimum absolute atomic E-state index is 0.149. The second-order valence-corrected chi connectivity index (χ2v) is 5.58. The number of hydrogen-bond donors (Lipinski definition) is 2. The molecule has 1 unspecified atom stereocenters. The molecular formula is C13H17BrN2O. The van der Waals surface area contributed by atoms with E-state index >= 15 is 0 Å². The lowest BCUT2D eigenvalue weighted by molar-refractivity contribution is 0.0266. The summed E-state index contributed by atoms with van der Waals surface area (Å²) in [5.74, 6) is 0.149. The average molecular weight is 297 g/mol. The van der Waals surface area contributed by atoms with Crippen molar-refractivity contribution in [3.63, 3.8) is 0 Å². The lowest BCUT2D eigenvalue weighted by atomic mass is 9.92. The van der Waals surface area contributed by atoms with E-state index < -0.39 is 5.60 Å². The van der Waals surface area contributed by atoms with Crippen LogP contribution in [0.2, 0.25) is 0 Å². The van der Waals surface area contributed by atoms with Crippen LogP contribution in [-0.4, -0.2) is 17.3 Å². The fourth-order valence-corrected chi connectivity index (χ4v) is 1.60. The molecule has 0 bridgehead atoms. The van der Waals surface area contributed by atoms with E-state index in [-0.39, 0.29) is 5.92 Å². The van der Waals surface area contributed by atoms with Crippen LogP contribution in [0.1, 0.15) is 26.3 Å². The highest BCUT2D eigenvalue weighted by atomic mass is 79.9. The van der Waals surface area contributed by atoms with E-state index in [1.165, 1.54) is 0 Å². The van der Waals surface area contributed by atoms with Crippen LogP contribution >= 0.6 is 15.9 Å². The molecule has 0 fully saturated rings. The lowest BCUT2D eigenvalue weighted by Gasteiger charge is -2.28. The third kappa shape index (κ3) is 3.72. The standard InChI is InChI=1S/C13H17BrN2O/c1-9(2)13(3,17)8-16-12-5-4-11(14)6-10(12)7-15/h4-6,9,16-17H,8H2,1-3H3. The molecule has 1 aromatic carbocycles. The molecule has 0 spiro atoms. The number of nitriles is 1. The van der Waals surface area contributed by atoms with Gasteiger partial charge in [-0.15, -0.1) is 0 Å². The monoisotopic (exact) mass is 296 g/mol. The number of hydrogen-bond acceptors (Lipinski definition) is 3. The van der Waals surface area contributed by atoms with Gasteiger partial charge in [0, 0.05) is 11.0 Å². The zero-order valence-corrected chi connectivity index (χ0v) is 11.9. The summed E-state index contributed by atoms with van der Waals surface area (Å²) in [6.07, 6.45) is 0. The van der Waals surface area contributed by atoms with Gasteiger partial charge in [-0.3, -0.25) is 0 Å². The molecule has 92 valence electrons. The molecule has 3 nitrogen and oxygen atoms in total. The van der Waals surface area contributed by atoms with E-state index in [1.807, 2.05) is 26.0 Å². The molecule has 0 radical (unpaired) electrons. The van der Waals surface area contributed by atoms with Gasteiger partial charge in [0.25, 0.3) is 0 Å². The molecule has 0 aromatic heterocycles. The van der Waals surface area contributed by atoms with Gasteiger partial charge >= 0.3 is 0 Å². The highest BCUT2D eigenvalue weighted by molar-refractivity contribution is 9.10. The van der Waals surface area contributed by atoms with E-state index in [0.29, 0.717) is 12.1 Å². The number of halogens is 1. The van der Waals surface area contributed by atoms with E-state index in [4.69, 9.17) is 5.26 Å². The van der Waals surface area contributed by atoms with Crippen LogP contribution in [0.25, 0.3) is 0 Å². The van der Waals surface area contributed by atoms with Crippen molar-refractivity contribution in [2.24, 2.45) is 5.92 Å². The molecule has 0 amide bonds. The molecule has 2 N–H and O–H groups in total. The molecule has 17 heavy (non-hydrogen) atoms. The Labute approximate surface area is 111 Å². The van der Waals surface area contributed by atoms with Crippen molar-refractivity contribution in [3.05, 3.63) is 28.2 Å². The predicted molar refractivity (Wildman–Crippen MR) is 72.8 cm³/mol. The van der Waals surface area contributed by atoms with Gasteiger partial charge in [0.15, 0.2) is 0 Å². The number of nitrogens with one attached hydrogen (secondary N) is 1. The van der Waals surface area contributed by atoms with E-state index in [2.05, 4.69) is 27.3 Å². The smallest absolute Gasteiger partial charge is 0.101 e. The van der Waals surface area contributed by atoms with Gasteiger partial charge in [-0.2, -0.15) is 5.26 Å². The SMILES string of the molecule is CC(C)C(C)(O)CNc1ccc(Br)cc1C#N. The van der Waals surface area contributed by atoms with E-state index in [9.17, 15) is 5.11 Å². The second kappa shape index (κ2) is 5.52. The van der Waals surface area contributed by atoms with Crippen molar-refractivity contribution >= 4 is 21.6 Å². The Morgan fingerprint density at radius 1 is 1.53 bits per heavy atom. The van der Waals surface area contributed by atoms with Crippen LogP contribution in [0.3, 0.4) is 0 Å². The van der Waals surface area contributed by atoms with Crippen molar-refractivity contribution in [2.45, 2.75) is 26.4 Å². The quantitative estimate of drug-likeness (QED) is 0.897. The molecular weight excluding hydrogens is 280 g/mol. The second-order valence-electron chi connectivity index (χ2n) is 4.67. The molecule has 0 saturated carbocycles. The number of rotatable bonds is 4. The van der Waals surface area contributed by atoms with Crippen LogP contribution < -0.4 is 5.32 Å². The van der Waals surface area contributed by atoms with Crippen molar-refractivity contribution in [3.8, 4) is 6.07 Å². The van der Waals surface area contributed by atoms with E-state index in [0.717, 1.165) is 10.2 Å². The molecule has 4 heteroatoms. The third-order valence-electron chi connectivity index (χ3n) is 2.98. The summed E-state index contributed by atoms with van der Waals surface area (Å²) in [6, 6.07) is 7.58. The molecule has 0 aliphatic rings. The Morgan fingerprint density at radius 2 is 2.18 bits per heavy atom. The summed E-state index contributed by atoms with van der Waals surface area (Å²) < 4.78 is 0.871. The fraction of sp³-hybridized carbons (Fsp3) is 0.462. The first-order valence-corrected chi connectivity index (χ1v) is 6.32. The van der Waals surface area contributed by atoms with Crippen LogP contribution in [-0.2, 0) is 0 Å². The lowest BCUT2D eigenvalue weighted by Crippen LogP contribution is -2.38. The highest BCUT2D eigenvalue weighted by Crippen LogP contribution is 2.22. The average Bonchev–Trinajstić information content (AvgIpc) is 2.27. The van der Waals surface area contributed by atoms with Crippen molar-refractivity contribution in [1.82, 2.24) is 0 Å². The Morgan fingerprint density at radius 3 is 2.71 bits per heavy atom. The summed E-state index contributed by atoms with van der Waals surface area (Å²) in [7, 11) is 0. The molecule has 0 aliphatic carbocycles. The Hall–Kier alpha value is -1.05. The molecule has 1 aromatic rings. The first-order chi connectivity index (χ1) is 7.86. The topological polar surface area (TPSA) is 56.0 Å². The number of anilines is 1. The van der Waals surface area contributed by atoms with Gasteiger partial charge in [0.05, 0.1) is 16.9 Å². The highest BCUT2D eigenvalue weighted by Gasteiger charge is 2.24. The minimum Gasteiger partial charge on any atom is -0.388 e. The zero-order chi connectivity index (χ0) is 13.1. The van der Waals surface area contributed by atoms with E-state index in [1.54, 1.807) is 13.0 Å². The van der Waals surface area contributed by atoms with Crippen molar-refractivity contribution in [1.29, 1.82) is 5.26 Å². The van der Waals surface area contributed by atoms with Gasteiger partial charge in [-0.05, 0) is 31.0 Å². The van der Waals surface area contributed by atoms with Gasteiger partial charge < -0.3 is 10.4 Å². The first-order valence-electron chi connectivity index (χ1n) is 5.52. The molecule has 0 heterocycles. The molecule has 0 aliphatic heterocycles. The summed E-state index contributed by atoms with van der Waals surface area (Å²) in [6.45, 7) is 6.14. The fourth-order valence-electron chi connectivity index (χ4n) is 1.24. The van der Waals surface area contributed by atoms with Crippen LogP contribution in [0.15, 0.2) is 22.7 Å². The molecule has 1 atom stereocenters. The zero-order valence-electron chi connectivity index (χ0n) is 10.3. The third-order valence-corrected chi connectivity index (χ3v) is 3.48. The Balaban J connectivity index is 2.80. The van der Waals surface area contributed by atoms with Crippen LogP contribution in [0.5, 0.6) is 0 Å². The number of benzene rings is 1. The van der Waals surface area contributed by atoms with Gasteiger partial charge in [0.2, 0.25) is 0 Å². The maximum atomic E-state index is 10.1. The normalized spacial score (nSPS) is 14.2. The van der Waals surface area contributed by atoms with Crippen LogP contribution in [0.4, 0.5) is 5.69 Å². The van der Waals surface area contributed by atoms with Crippen LogP contribution in [0, 0.1) is 17.2 Å².